The molecule has 11 heteroatoms. The van der Waals surface area contributed by atoms with Crippen molar-refractivity contribution in [1.82, 2.24) is 19.5 Å². The lowest BCUT2D eigenvalue weighted by Gasteiger charge is -2.12. The third-order valence-electron chi connectivity index (χ3n) is 3.86. The van der Waals surface area contributed by atoms with Crippen LogP contribution in [0, 0.1) is 12.7 Å². The van der Waals surface area contributed by atoms with E-state index < -0.39 is 15.7 Å². The van der Waals surface area contributed by atoms with E-state index in [4.69, 9.17) is 11.6 Å². The number of fused-ring (bicyclic) bond motifs is 1. The van der Waals surface area contributed by atoms with Gasteiger partial charge in [-0.15, -0.1) is 24.2 Å². The quantitative estimate of drug-likeness (QED) is 0.421. The third-order valence-corrected chi connectivity index (χ3v) is 6.74. The number of nitrogens with zero attached hydrogens (tertiary/aromatic N) is 4. The smallest absolute Gasteiger partial charge is 0.213 e. The molecule has 1 aromatic carbocycles. The second kappa shape index (κ2) is 8.54. The Morgan fingerprint density at radius 3 is 2.54 bits per heavy atom. The van der Waals surface area contributed by atoms with Gasteiger partial charge in [0.2, 0.25) is 9.84 Å². The summed E-state index contributed by atoms with van der Waals surface area (Å²) in [7, 11) is -0.167. The summed E-state index contributed by atoms with van der Waals surface area (Å²) in [6.07, 6.45) is 1.75. The van der Waals surface area contributed by atoms with Crippen LogP contribution in [0.2, 0.25) is 5.02 Å². The molecular weight excluding hydrogens is 446 g/mol. The Hall–Kier alpha value is -1.39. The van der Waals surface area contributed by atoms with Gasteiger partial charge in [-0.3, -0.25) is 0 Å². The zero-order valence-corrected chi connectivity index (χ0v) is 18.8. The summed E-state index contributed by atoms with van der Waals surface area (Å²) >= 11 is 7.01. The fourth-order valence-electron chi connectivity index (χ4n) is 2.74. The number of sulfone groups is 1. The van der Waals surface area contributed by atoms with Gasteiger partial charge in [0.1, 0.15) is 10.8 Å². The van der Waals surface area contributed by atoms with Gasteiger partial charge in [0.15, 0.2) is 10.5 Å². The molecule has 0 fully saturated rings. The van der Waals surface area contributed by atoms with Crippen LogP contribution in [0.4, 0.5) is 4.39 Å². The van der Waals surface area contributed by atoms with Crippen molar-refractivity contribution in [2.75, 3.05) is 20.4 Å². The fourth-order valence-corrected chi connectivity index (χ4v) is 5.41. The van der Waals surface area contributed by atoms with Crippen molar-refractivity contribution < 1.29 is 12.8 Å². The maximum atomic E-state index is 13.5. The Bertz CT molecular complexity index is 1130. The molecule has 0 radical (unpaired) electrons. The molecule has 0 aliphatic carbocycles. The maximum Gasteiger partial charge on any atom is 0.213 e. The van der Waals surface area contributed by atoms with Gasteiger partial charge in [0.05, 0.1) is 15.6 Å². The van der Waals surface area contributed by atoms with E-state index in [0.717, 1.165) is 17.8 Å². The molecule has 0 aliphatic rings. The molecular formula is C17H19Cl2FN4O2S2. The van der Waals surface area contributed by atoms with Crippen LogP contribution in [-0.4, -0.2) is 48.3 Å². The molecule has 3 rings (SSSR count). The van der Waals surface area contributed by atoms with E-state index in [1.807, 2.05) is 25.1 Å². The predicted octanol–water partition coefficient (Wildman–Crippen LogP) is 3.87. The van der Waals surface area contributed by atoms with E-state index >= 15 is 0 Å². The van der Waals surface area contributed by atoms with Gasteiger partial charge >= 0.3 is 0 Å². The van der Waals surface area contributed by atoms with Crippen LogP contribution >= 0.6 is 35.8 Å². The van der Waals surface area contributed by atoms with Crippen molar-refractivity contribution in [3.8, 4) is 0 Å². The Balaban J connectivity index is 0.00000280. The summed E-state index contributed by atoms with van der Waals surface area (Å²) in [6, 6.07) is 5.21. The van der Waals surface area contributed by atoms with Crippen molar-refractivity contribution in [3.05, 3.63) is 46.5 Å². The van der Waals surface area contributed by atoms with Gasteiger partial charge in [0, 0.05) is 12.2 Å². The summed E-state index contributed by atoms with van der Waals surface area (Å²) in [6.45, 7) is 2.37. The zero-order chi connectivity index (χ0) is 19.9. The van der Waals surface area contributed by atoms with Gasteiger partial charge in [-0.25, -0.2) is 22.3 Å². The van der Waals surface area contributed by atoms with Crippen LogP contribution in [0.15, 0.2) is 39.1 Å². The molecule has 2 aromatic heterocycles. The van der Waals surface area contributed by atoms with E-state index in [9.17, 15) is 12.8 Å². The minimum Gasteiger partial charge on any atom is -0.304 e. The summed E-state index contributed by atoms with van der Waals surface area (Å²) in [5.41, 5.74) is 1.74. The highest BCUT2D eigenvalue weighted by Gasteiger charge is 2.30. The number of thioether (sulfide) groups is 1. The summed E-state index contributed by atoms with van der Waals surface area (Å²) in [5, 5.41) is 4.53. The highest BCUT2D eigenvalue weighted by molar-refractivity contribution is 7.99. The summed E-state index contributed by atoms with van der Waals surface area (Å²) in [5.74, 6) is -0.678. The van der Waals surface area contributed by atoms with Crippen molar-refractivity contribution in [1.29, 1.82) is 0 Å². The molecule has 0 saturated carbocycles. The Morgan fingerprint density at radius 2 is 1.96 bits per heavy atom. The first-order valence-electron chi connectivity index (χ1n) is 7.93. The topological polar surface area (TPSA) is 67.6 Å². The molecule has 0 spiro atoms. The number of benzene rings is 1. The van der Waals surface area contributed by atoms with Crippen LogP contribution in [0.1, 0.15) is 11.4 Å². The molecule has 152 valence electrons. The average molecular weight is 465 g/mol. The standard InChI is InChI=1S/C17H18ClFN4O2S2.ClH/c1-10-7-11(9-22(2)3)23-16(20-10)15(17(21-23)26-4)27(24,25)12-5-6-14(19)13(18)8-12;/h5-8H,9H2,1-4H3;1H. The van der Waals surface area contributed by atoms with Gasteiger partial charge in [-0.2, -0.15) is 5.10 Å². The van der Waals surface area contributed by atoms with Crippen LogP contribution in [0.5, 0.6) is 0 Å². The van der Waals surface area contributed by atoms with Crippen LogP contribution in [0.3, 0.4) is 0 Å². The highest BCUT2D eigenvalue weighted by Crippen LogP contribution is 2.34. The van der Waals surface area contributed by atoms with E-state index in [2.05, 4.69) is 10.1 Å². The molecule has 3 aromatic rings. The molecule has 6 nitrogen and oxygen atoms in total. The fraction of sp³-hybridized carbons (Fsp3) is 0.294. The average Bonchev–Trinajstić information content (AvgIpc) is 2.96. The first kappa shape index (κ1) is 22.9. The Kier molecular flexibility index (Phi) is 6.99. The molecule has 2 heterocycles. The van der Waals surface area contributed by atoms with Crippen LogP contribution in [0.25, 0.3) is 5.65 Å². The Labute approximate surface area is 178 Å². The first-order valence-corrected chi connectivity index (χ1v) is 11.0. The molecule has 0 atom stereocenters. The number of aromatic nitrogens is 3. The monoisotopic (exact) mass is 464 g/mol. The van der Waals surface area contributed by atoms with Gasteiger partial charge < -0.3 is 4.90 Å². The van der Waals surface area contributed by atoms with E-state index in [0.29, 0.717) is 17.3 Å². The van der Waals surface area contributed by atoms with Crippen molar-refractivity contribution in [2.24, 2.45) is 0 Å². The molecule has 28 heavy (non-hydrogen) atoms. The predicted molar refractivity (Wildman–Crippen MR) is 111 cm³/mol. The van der Waals surface area contributed by atoms with Gasteiger partial charge in [-0.1, -0.05) is 11.6 Å². The normalized spacial score (nSPS) is 11.8. The lowest BCUT2D eigenvalue weighted by molar-refractivity contribution is 0.391. The first-order chi connectivity index (χ1) is 12.6. The molecule has 0 amide bonds. The summed E-state index contributed by atoms with van der Waals surface area (Å²) in [4.78, 5) is 6.29. The molecule has 0 N–H and O–H groups in total. The SMILES string of the molecule is CSc1nn2c(CN(C)C)cc(C)nc2c1S(=O)(=O)c1ccc(F)c(Cl)c1.Cl. The zero-order valence-electron chi connectivity index (χ0n) is 15.6. The minimum absolute atomic E-state index is 0. The van der Waals surface area contributed by atoms with Gasteiger partial charge in [0.25, 0.3) is 0 Å². The molecule has 0 unspecified atom stereocenters. The minimum atomic E-state index is -4.00. The number of rotatable bonds is 5. The highest BCUT2D eigenvalue weighted by atomic mass is 35.5. The molecule has 0 aliphatic heterocycles. The lowest BCUT2D eigenvalue weighted by atomic mass is 10.3. The molecule has 0 bridgehead atoms. The number of hydrogen-bond donors (Lipinski definition) is 0. The van der Waals surface area contributed by atoms with Crippen molar-refractivity contribution >= 4 is 51.3 Å². The van der Waals surface area contributed by atoms with Crippen molar-refractivity contribution in [3.63, 3.8) is 0 Å². The number of hydrogen-bond acceptors (Lipinski definition) is 6. The lowest BCUT2D eigenvalue weighted by Crippen LogP contribution is -2.15. The number of aryl methyl sites for hydroxylation is 1. The van der Waals surface area contributed by atoms with Crippen molar-refractivity contribution in [2.45, 2.75) is 28.3 Å². The molecule has 0 saturated heterocycles. The summed E-state index contributed by atoms with van der Waals surface area (Å²) < 4.78 is 41.6. The van der Waals surface area contributed by atoms with Crippen LogP contribution < -0.4 is 0 Å². The Morgan fingerprint density at radius 1 is 1.29 bits per heavy atom. The van der Waals surface area contributed by atoms with E-state index in [-0.39, 0.29) is 32.9 Å². The second-order valence-electron chi connectivity index (χ2n) is 6.28. The maximum absolute atomic E-state index is 13.5. The second-order valence-corrected chi connectivity index (χ2v) is 9.37. The largest absolute Gasteiger partial charge is 0.304 e. The van der Waals surface area contributed by atoms with Crippen LogP contribution in [-0.2, 0) is 16.4 Å². The van der Waals surface area contributed by atoms with E-state index in [1.54, 1.807) is 17.7 Å². The third kappa shape index (κ3) is 4.13. The van der Waals surface area contributed by atoms with E-state index in [1.165, 1.54) is 17.8 Å². The van der Waals surface area contributed by atoms with Gasteiger partial charge in [-0.05, 0) is 51.5 Å². The number of halogens is 3.